The molecule has 2 fully saturated rings. The van der Waals surface area contributed by atoms with Crippen LogP contribution in [0.5, 0.6) is 46.0 Å². The molecule has 2 saturated heterocycles. The van der Waals surface area contributed by atoms with Crippen molar-refractivity contribution in [3.05, 3.63) is 118 Å². The third-order valence-corrected chi connectivity index (χ3v) is 17.3. The minimum atomic E-state index is -1.89. The zero-order chi connectivity index (χ0) is 74.4. The lowest BCUT2D eigenvalue weighted by molar-refractivity contribution is -0.185. The Kier molecular flexibility index (Phi) is 26.3. The van der Waals surface area contributed by atoms with Crippen LogP contribution in [-0.4, -0.2) is 183 Å². The molecule has 10 unspecified atom stereocenters. The number of aromatic hydroxyl groups is 2. The number of aliphatic hydroxyl groups excluding tert-OH is 4. The fourth-order valence-electron chi connectivity index (χ4n) is 11.7. The van der Waals surface area contributed by atoms with Gasteiger partial charge in [0.15, 0.2) is 11.5 Å². The third-order valence-electron chi connectivity index (χ3n) is 17.0. The average Bonchev–Trinajstić information content (AvgIpc) is 0.773. The molecule has 4 aliphatic rings. The van der Waals surface area contributed by atoms with Crippen molar-refractivity contribution in [1.29, 1.82) is 0 Å². The molecular formula is C70H87ClN10O21. The van der Waals surface area contributed by atoms with Crippen LogP contribution in [0.4, 0.5) is 4.79 Å². The summed E-state index contributed by atoms with van der Waals surface area (Å²) < 4.78 is 36.4. The molecule has 0 radical (unpaired) electrons. The number of carbonyl (C=O) groups excluding carboxylic acids is 9. The summed E-state index contributed by atoms with van der Waals surface area (Å²) in [6.07, 6.45) is -8.87. The summed E-state index contributed by atoms with van der Waals surface area (Å²) in [7, 11) is 3.17. The van der Waals surface area contributed by atoms with Crippen LogP contribution in [0.2, 0.25) is 5.02 Å². The molecule has 9 amide bonds. The van der Waals surface area contributed by atoms with Crippen LogP contribution in [0, 0.1) is 5.92 Å². The Morgan fingerprint density at radius 3 is 2.18 bits per heavy atom. The smallest absolute Gasteiger partial charge is 0.407 e. The fourth-order valence-corrected chi connectivity index (χ4v) is 11.9. The number of halogens is 1. The fraction of sp³-hybridized carbons (Fsp3) is 0.443. The van der Waals surface area contributed by atoms with Crippen molar-refractivity contribution < 1.29 is 102 Å². The number of aliphatic hydroxyl groups is 4. The number of benzene rings is 5. The Morgan fingerprint density at radius 2 is 1.53 bits per heavy atom. The number of nitrogens with zero attached hydrogens (tertiary/aromatic N) is 2. The maximum Gasteiger partial charge on any atom is 0.407 e. The second-order valence-electron chi connectivity index (χ2n) is 26.3. The van der Waals surface area contributed by atoms with Gasteiger partial charge in [-0.15, -0.1) is 0 Å². The van der Waals surface area contributed by atoms with Gasteiger partial charge in [-0.05, 0) is 129 Å². The van der Waals surface area contributed by atoms with E-state index in [1.54, 1.807) is 20.8 Å². The van der Waals surface area contributed by atoms with Crippen LogP contribution >= 0.6 is 11.6 Å². The first-order valence-electron chi connectivity index (χ1n) is 32.9. The molecule has 5 aromatic carbocycles. The highest BCUT2D eigenvalue weighted by Gasteiger charge is 2.39. The third kappa shape index (κ3) is 21.0. The highest BCUT2D eigenvalue weighted by atomic mass is 35.5. The van der Waals surface area contributed by atoms with E-state index in [1.165, 1.54) is 96.9 Å². The Morgan fingerprint density at radius 1 is 0.814 bits per heavy atom. The van der Waals surface area contributed by atoms with Crippen LogP contribution in [0.1, 0.15) is 125 Å². The Hall–Kier alpha value is -10.0. The van der Waals surface area contributed by atoms with Gasteiger partial charge in [0.05, 0.1) is 56.3 Å². The second-order valence-corrected chi connectivity index (χ2v) is 26.7. The monoisotopic (exact) mass is 1440 g/mol. The van der Waals surface area contributed by atoms with Gasteiger partial charge in [-0.2, -0.15) is 0 Å². The zero-order valence-corrected chi connectivity index (χ0v) is 57.8. The van der Waals surface area contributed by atoms with Crippen molar-refractivity contribution in [1.82, 2.24) is 36.4 Å². The van der Waals surface area contributed by atoms with Crippen LogP contribution in [0.15, 0.2) is 84.9 Å². The lowest BCUT2D eigenvalue weighted by Gasteiger charge is -2.35. The first-order valence-corrected chi connectivity index (χ1v) is 33.3. The predicted octanol–water partition coefficient (Wildman–Crippen LogP) is 3.20. The molecule has 0 aliphatic carbocycles. The van der Waals surface area contributed by atoms with E-state index < -0.39 is 133 Å². The number of phenolic OH excluding ortho intramolecular Hbond substituents is 2. The number of nitrogens with one attached hydrogen (secondary N) is 5. The highest BCUT2D eigenvalue weighted by Crippen LogP contribution is 2.48. The van der Waals surface area contributed by atoms with Crippen LogP contribution < -0.4 is 62.7 Å². The number of likely N-dealkylation sites (N-methyl/N-ethyl adjacent to an activating group) is 1. The van der Waals surface area contributed by atoms with Gasteiger partial charge in [-0.3, -0.25) is 38.4 Å². The number of amides is 9. The summed E-state index contributed by atoms with van der Waals surface area (Å²) in [6.45, 7) is 8.14. The standard InChI is InChI=1S/C70H87ClN10O21/c1-35(17-18-75-69(96)102-70(2,3)4)7-16-56(89)77-62-63(91)37-9-12-42(13-10-37)98-52-26-39(60(65(74)92)79-66(93)47(32-55(73)88)76-67(62)94)27-53(64(52)101-58-31-40(83)28-43(34-82)99-58)100-50-15-11-38(25-46(50)71)49(86)33-57(90)78-61(68(95)81-21-19-80(5)20-22-81)45-29-41(84)30-51(97-6)59(45)44-23-36(24-54(72)87)8-14-48(44)85/h8-15,23,25-27,29-30,35,40,43,47,49,58,60-63,82-86,91H,7,16-22,24,28,31-34H2,1-6H3,(H2,72,87)(H2,73,88)(H2,74,92)(H,75,96)(H,76,94)(H,77,89)(H,78,90)(H,79,93). The van der Waals surface area contributed by atoms with Crippen LogP contribution in [0.3, 0.4) is 0 Å². The number of piperazine rings is 1. The second kappa shape index (κ2) is 34.6. The number of nitrogens with two attached hydrogens (primary N) is 3. The van der Waals surface area contributed by atoms with E-state index in [4.69, 9.17) is 57.2 Å². The van der Waals surface area contributed by atoms with Gasteiger partial charge in [0.25, 0.3) is 0 Å². The van der Waals surface area contributed by atoms with Gasteiger partial charge in [0.1, 0.15) is 64.6 Å². The summed E-state index contributed by atoms with van der Waals surface area (Å²) in [5.74, 6) is -9.56. The van der Waals surface area contributed by atoms with Crippen LogP contribution in [0.25, 0.3) is 11.1 Å². The molecule has 10 atom stereocenters. The van der Waals surface area contributed by atoms with E-state index in [0.717, 1.165) is 0 Å². The van der Waals surface area contributed by atoms with E-state index in [2.05, 4.69) is 26.6 Å². The number of methoxy groups -OCH3 is 1. The molecule has 4 heterocycles. The predicted molar refractivity (Wildman–Crippen MR) is 365 cm³/mol. The van der Waals surface area contributed by atoms with Gasteiger partial charge < -0.3 is 113 Å². The van der Waals surface area contributed by atoms with Gasteiger partial charge in [0.2, 0.25) is 59.3 Å². The van der Waals surface area contributed by atoms with Crippen molar-refractivity contribution in [2.45, 2.75) is 140 Å². The molecule has 102 heavy (non-hydrogen) atoms. The summed E-state index contributed by atoms with van der Waals surface area (Å²) in [5, 5.41) is 79.8. The SMILES string of the molecule is COc1cc(O)cc(C(NC(=O)CC(O)c2ccc(Oc3cc4cc(c3OC3CC(O)CC(CO)O3)Oc3ccc(cc3)C(O)C(NC(=O)CCC(C)CCNC(=O)OC(C)(C)C)C(=O)NC(CC(N)=O)C(=O)NC4C(N)=O)c(Cl)c2)C(=O)N2CCN(C)CC2)c1-c1cc(CC(N)=O)ccc1O. The van der Waals surface area contributed by atoms with E-state index in [-0.39, 0.29) is 142 Å². The molecule has 0 saturated carbocycles. The number of primary amides is 3. The largest absolute Gasteiger partial charge is 0.508 e. The average molecular weight is 1440 g/mol. The van der Waals surface area contributed by atoms with Gasteiger partial charge in [0, 0.05) is 69.2 Å². The molecule has 0 spiro atoms. The molecule has 5 aromatic rings. The number of fused-ring (bicyclic) bond motifs is 9. The molecule has 9 rings (SSSR count). The highest BCUT2D eigenvalue weighted by molar-refractivity contribution is 6.32. The molecular weight excluding hydrogens is 1350 g/mol. The lowest BCUT2D eigenvalue weighted by atomic mass is 9.90. The van der Waals surface area contributed by atoms with Crippen LogP contribution in [-0.2, 0) is 54.3 Å². The number of hydrogen-bond donors (Lipinski definition) is 14. The quantitative estimate of drug-likeness (QED) is 0.0399. The topological polar surface area (TPSA) is 475 Å². The van der Waals surface area contributed by atoms with Gasteiger partial charge in [-0.25, -0.2) is 4.79 Å². The maximum atomic E-state index is 14.8. The number of rotatable bonds is 25. The maximum absolute atomic E-state index is 14.8. The van der Waals surface area contributed by atoms with E-state index in [1.807, 2.05) is 18.9 Å². The van der Waals surface area contributed by atoms with Crippen molar-refractivity contribution >= 4 is 65.0 Å². The van der Waals surface area contributed by atoms with E-state index in [0.29, 0.717) is 25.1 Å². The summed E-state index contributed by atoms with van der Waals surface area (Å²) in [6, 6.07) is 11.3. The zero-order valence-electron chi connectivity index (χ0n) is 57.1. The molecule has 0 aromatic heterocycles. The first-order chi connectivity index (χ1) is 48.3. The van der Waals surface area contributed by atoms with Crippen molar-refractivity contribution in [2.75, 3.05) is 53.5 Å². The Labute approximate surface area is 592 Å². The van der Waals surface area contributed by atoms with Crippen molar-refractivity contribution in [2.24, 2.45) is 23.1 Å². The van der Waals surface area contributed by atoms with Crippen molar-refractivity contribution in [3.8, 4) is 57.1 Å². The first kappa shape index (κ1) is 77.7. The lowest BCUT2D eigenvalue weighted by Crippen LogP contribution is -2.57. The molecule has 550 valence electrons. The molecule has 31 nitrogen and oxygen atoms in total. The number of ether oxygens (including phenoxy) is 6. The number of carbonyl (C=O) groups is 9. The molecule has 4 bridgehead atoms. The molecule has 17 N–H and O–H groups in total. The number of alkyl carbamates (subject to hydrolysis) is 1. The van der Waals surface area contributed by atoms with Gasteiger partial charge >= 0.3 is 6.09 Å². The minimum absolute atomic E-state index is 0.00570. The summed E-state index contributed by atoms with van der Waals surface area (Å²) >= 11 is 6.99. The van der Waals surface area contributed by atoms with E-state index >= 15 is 0 Å². The molecule has 4 aliphatic heterocycles. The molecule has 32 heteroatoms. The normalized spacial score (nSPS) is 20.4. The van der Waals surface area contributed by atoms with Crippen molar-refractivity contribution in [3.63, 3.8) is 0 Å². The Bertz CT molecular complexity index is 3900. The van der Waals surface area contributed by atoms with Gasteiger partial charge in [-0.1, -0.05) is 42.8 Å². The Balaban J connectivity index is 1.12. The summed E-state index contributed by atoms with van der Waals surface area (Å²) in [5.41, 5.74) is 16.8. The number of hydrogen-bond acceptors (Lipinski definition) is 22. The number of phenols is 2. The minimum Gasteiger partial charge on any atom is -0.508 e. The summed E-state index contributed by atoms with van der Waals surface area (Å²) in [4.78, 5) is 126. The van der Waals surface area contributed by atoms with E-state index in [9.17, 15) is 73.8 Å².